The number of piperazine rings is 1. The predicted molar refractivity (Wildman–Crippen MR) is 192 cm³/mol. The predicted octanol–water partition coefficient (Wildman–Crippen LogP) is 5.45. The van der Waals surface area contributed by atoms with Gasteiger partial charge in [-0.2, -0.15) is 0 Å². The van der Waals surface area contributed by atoms with Gasteiger partial charge in [-0.25, -0.2) is 9.37 Å². The zero-order chi connectivity index (χ0) is 33.1. The number of aromatic nitrogens is 1. The third-order valence-corrected chi connectivity index (χ3v) is 10.2. The molecular formula is C36H48ClFN6O3S. The van der Waals surface area contributed by atoms with Crippen LogP contribution in [0, 0.1) is 5.82 Å². The van der Waals surface area contributed by atoms with Gasteiger partial charge in [0.2, 0.25) is 5.88 Å². The van der Waals surface area contributed by atoms with Crippen LogP contribution in [0.5, 0.6) is 11.6 Å². The summed E-state index contributed by atoms with van der Waals surface area (Å²) in [6, 6.07) is 17.2. The molecule has 0 spiro atoms. The van der Waals surface area contributed by atoms with Crippen molar-refractivity contribution in [2.24, 2.45) is 11.5 Å². The first-order chi connectivity index (χ1) is 22.7. The molecule has 48 heavy (non-hydrogen) atoms. The third-order valence-electron chi connectivity index (χ3n) is 9.84. The van der Waals surface area contributed by atoms with E-state index >= 15 is 0 Å². The van der Waals surface area contributed by atoms with Crippen molar-refractivity contribution in [1.29, 1.82) is 0 Å². The number of benzene rings is 2. The summed E-state index contributed by atoms with van der Waals surface area (Å²) in [5, 5.41) is 0. The maximum absolute atomic E-state index is 14.2. The van der Waals surface area contributed by atoms with E-state index in [1.54, 1.807) is 0 Å². The maximum Gasteiger partial charge on any atom is 0.254 e. The van der Waals surface area contributed by atoms with Crippen molar-refractivity contribution >= 4 is 30.9 Å². The number of carbonyl (C=O) groups is 1. The summed E-state index contributed by atoms with van der Waals surface area (Å²) < 4.78 is 26.6. The summed E-state index contributed by atoms with van der Waals surface area (Å²) in [5.41, 5.74) is 15.6. The molecule has 6 rings (SSSR count). The van der Waals surface area contributed by atoms with E-state index in [4.69, 9.17) is 20.9 Å². The topological polar surface area (TPSA) is 110 Å². The van der Waals surface area contributed by atoms with Crippen LogP contribution in [-0.2, 0) is 17.8 Å². The molecule has 2 saturated heterocycles. The Morgan fingerprint density at radius 1 is 1.02 bits per heavy atom. The molecule has 3 aliphatic rings. The van der Waals surface area contributed by atoms with Crippen molar-refractivity contribution < 1.29 is 18.7 Å². The summed E-state index contributed by atoms with van der Waals surface area (Å²) in [4.78, 5) is 24.1. The number of rotatable bonds is 9. The number of pyridine rings is 1. The average molecular weight is 699 g/mol. The Kier molecular flexibility index (Phi) is 12.4. The Labute approximate surface area is 295 Å². The van der Waals surface area contributed by atoms with Crippen LogP contribution in [0.3, 0.4) is 0 Å². The molecule has 1 unspecified atom stereocenters. The van der Waals surface area contributed by atoms with Crippen LogP contribution < -0.4 is 16.2 Å². The van der Waals surface area contributed by atoms with E-state index in [1.807, 2.05) is 18.2 Å². The van der Waals surface area contributed by atoms with Crippen LogP contribution in [0.4, 0.5) is 4.39 Å². The number of hydrogen-bond acceptors (Lipinski definition) is 9. The number of amides is 1. The highest BCUT2D eigenvalue weighted by atomic mass is 35.5. The van der Waals surface area contributed by atoms with E-state index in [0.29, 0.717) is 56.2 Å². The summed E-state index contributed by atoms with van der Waals surface area (Å²) in [5.74, 6) is -0.858. The second kappa shape index (κ2) is 16.3. The lowest BCUT2D eigenvalue weighted by Gasteiger charge is -2.49. The van der Waals surface area contributed by atoms with Gasteiger partial charge in [0.15, 0.2) is 0 Å². The molecule has 1 amide bonds. The standard InChI is InChI=1S/C36H47FN6O3S.ClH/c1-23-18-42(19-24(2)43(23)29-11-9-28(38)10-12-29)20-26-8-13-30(25-6-4-3-5-7-25)32(21-41-14-15-45-33(47)22-41)34(26)46-36-31(35(39)44)16-27(37)17-40-36;/h3-8,13,16-17,23-24,28-29,33,47H,9-12,14-15,18-22,38H2,1-2H3,(H2,39,44);1H/t23-,24+,28?,29?,33?;. The van der Waals surface area contributed by atoms with Gasteiger partial charge in [0.25, 0.3) is 5.91 Å². The highest BCUT2D eigenvalue weighted by Gasteiger charge is 2.36. The Hall–Kier alpha value is -2.77. The minimum atomic E-state index is -0.803. The van der Waals surface area contributed by atoms with E-state index in [1.165, 1.54) is 0 Å². The summed E-state index contributed by atoms with van der Waals surface area (Å²) in [7, 11) is 0. The van der Waals surface area contributed by atoms with E-state index in [9.17, 15) is 9.18 Å². The molecule has 0 radical (unpaired) electrons. The molecule has 0 bridgehead atoms. The summed E-state index contributed by atoms with van der Waals surface area (Å²) in [6.07, 6.45) is 5.53. The second-order valence-electron chi connectivity index (χ2n) is 13.4. The number of nitrogens with zero attached hydrogens (tertiary/aromatic N) is 4. The largest absolute Gasteiger partial charge is 0.437 e. The first-order valence-electron chi connectivity index (χ1n) is 16.8. The first-order valence-corrected chi connectivity index (χ1v) is 17.3. The normalized spacial score (nSPS) is 25.7. The lowest BCUT2D eigenvalue weighted by atomic mass is 9.88. The summed E-state index contributed by atoms with van der Waals surface area (Å²) >= 11 is 4.60. The van der Waals surface area contributed by atoms with Gasteiger partial charge in [-0.15, -0.1) is 25.0 Å². The molecule has 1 saturated carbocycles. The van der Waals surface area contributed by atoms with Gasteiger partial charge in [0.1, 0.15) is 22.6 Å². The van der Waals surface area contributed by atoms with Crippen LogP contribution in [-0.4, -0.2) is 88.0 Å². The molecule has 9 nitrogen and oxygen atoms in total. The fourth-order valence-corrected chi connectivity index (χ4v) is 8.08. The van der Waals surface area contributed by atoms with Gasteiger partial charge < -0.3 is 20.9 Å². The van der Waals surface area contributed by atoms with Crippen LogP contribution in [0.25, 0.3) is 11.1 Å². The number of primary amides is 1. The minimum Gasteiger partial charge on any atom is -0.437 e. The van der Waals surface area contributed by atoms with Crippen LogP contribution in [0.1, 0.15) is 61.0 Å². The molecule has 3 fully saturated rings. The lowest BCUT2D eigenvalue weighted by molar-refractivity contribution is -0.00942. The molecule has 3 heterocycles. The number of hydrogen-bond donors (Lipinski definition) is 3. The first kappa shape index (κ1) is 36.5. The summed E-state index contributed by atoms with van der Waals surface area (Å²) in [6.45, 7) is 9.63. The van der Waals surface area contributed by atoms with Gasteiger partial charge in [0.05, 0.1) is 12.8 Å². The molecule has 12 heteroatoms. The SMILES string of the molecule is C[C@@H]1CN(Cc2ccc(-c3ccccc3)c(CN3CCOC(S)C3)c2Oc2ncc(F)cc2C(N)=O)C[C@H](C)N1C1CCC(N)CC1.Cl. The molecule has 4 N–H and O–H groups in total. The van der Waals surface area contributed by atoms with E-state index in [-0.39, 0.29) is 29.3 Å². The average Bonchev–Trinajstić information content (AvgIpc) is 3.04. The second-order valence-corrected chi connectivity index (χ2v) is 14.0. The van der Waals surface area contributed by atoms with Crippen molar-refractivity contribution in [3.05, 3.63) is 77.2 Å². The monoisotopic (exact) mass is 698 g/mol. The Bertz CT molecular complexity index is 1530. The Morgan fingerprint density at radius 3 is 2.40 bits per heavy atom. The van der Waals surface area contributed by atoms with Gasteiger partial charge >= 0.3 is 0 Å². The van der Waals surface area contributed by atoms with Crippen LogP contribution in [0.2, 0.25) is 0 Å². The third kappa shape index (κ3) is 8.50. The van der Waals surface area contributed by atoms with Crippen LogP contribution >= 0.6 is 25.0 Å². The fourth-order valence-electron chi connectivity index (χ4n) is 7.74. The Balaban J connectivity index is 0.00000451. The molecule has 1 aromatic heterocycles. The smallest absolute Gasteiger partial charge is 0.254 e. The zero-order valence-electron chi connectivity index (χ0n) is 27.8. The van der Waals surface area contributed by atoms with Gasteiger partial charge in [-0.3, -0.25) is 19.5 Å². The molecule has 3 atom stereocenters. The van der Waals surface area contributed by atoms with Crippen molar-refractivity contribution in [3.63, 3.8) is 0 Å². The molecule has 1 aliphatic carbocycles. The number of ether oxygens (including phenoxy) is 2. The van der Waals surface area contributed by atoms with E-state index in [2.05, 4.69) is 70.4 Å². The van der Waals surface area contributed by atoms with Crippen molar-refractivity contribution in [2.45, 2.75) is 82.2 Å². The number of nitrogens with two attached hydrogens (primary N) is 2. The highest BCUT2D eigenvalue weighted by Crippen LogP contribution is 2.40. The number of thiol groups is 1. The van der Waals surface area contributed by atoms with Gasteiger partial charge in [0, 0.05) is 74.6 Å². The maximum atomic E-state index is 14.2. The van der Waals surface area contributed by atoms with Gasteiger partial charge in [-0.05, 0) is 56.7 Å². The number of carbonyl (C=O) groups excluding carboxylic acids is 1. The van der Waals surface area contributed by atoms with Crippen molar-refractivity contribution in [2.75, 3.05) is 32.8 Å². The molecular weight excluding hydrogens is 651 g/mol. The molecule has 260 valence electrons. The fraction of sp³-hybridized carbons (Fsp3) is 0.500. The van der Waals surface area contributed by atoms with Gasteiger partial charge in [-0.1, -0.05) is 42.5 Å². The van der Waals surface area contributed by atoms with E-state index < -0.39 is 11.7 Å². The highest BCUT2D eigenvalue weighted by molar-refractivity contribution is 7.80. The number of morpholine rings is 1. The van der Waals surface area contributed by atoms with Crippen LogP contribution in [0.15, 0.2) is 54.7 Å². The van der Waals surface area contributed by atoms with E-state index in [0.717, 1.165) is 79.8 Å². The minimum absolute atomic E-state index is 0. The lowest BCUT2D eigenvalue weighted by Crippen LogP contribution is -2.60. The number of halogens is 2. The molecule has 2 aromatic carbocycles. The van der Waals surface area contributed by atoms with Crippen molar-refractivity contribution in [3.8, 4) is 22.8 Å². The zero-order valence-corrected chi connectivity index (χ0v) is 29.5. The van der Waals surface area contributed by atoms with Crippen molar-refractivity contribution in [1.82, 2.24) is 19.7 Å². The molecule has 3 aromatic rings. The Morgan fingerprint density at radius 2 is 1.73 bits per heavy atom. The molecule has 2 aliphatic heterocycles. The quantitative estimate of drug-likeness (QED) is 0.253.